The van der Waals surface area contributed by atoms with E-state index in [0.29, 0.717) is 12.2 Å². The molecule has 4 heteroatoms. The van der Waals surface area contributed by atoms with Crippen LogP contribution in [0.25, 0.3) is 0 Å². The smallest absolute Gasteiger partial charge is 0.165 e. The molecule has 0 fully saturated rings. The molecule has 0 aliphatic rings. The van der Waals surface area contributed by atoms with Crippen molar-refractivity contribution in [2.75, 3.05) is 13.7 Å². The number of ether oxygens (including phenoxy) is 2. The van der Waals surface area contributed by atoms with Gasteiger partial charge in [0.2, 0.25) is 0 Å². The summed E-state index contributed by atoms with van der Waals surface area (Å²) in [6.07, 6.45) is -0.892. The Hall–Kier alpha value is -1.13. The van der Waals surface area contributed by atoms with E-state index in [9.17, 15) is 9.50 Å². The first-order chi connectivity index (χ1) is 7.54. The molecular formula is C12H17FO3. The molecular weight excluding hydrogens is 211 g/mol. The summed E-state index contributed by atoms with van der Waals surface area (Å²) in [5.74, 6) is -0.296. The van der Waals surface area contributed by atoms with Crippen molar-refractivity contribution in [1.29, 1.82) is 0 Å². The van der Waals surface area contributed by atoms with Gasteiger partial charge in [0.25, 0.3) is 0 Å². The highest BCUT2D eigenvalue weighted by Gasteiger charge is 2.10. The fraction of sp³-hybridized carbons (Fsp3) is 0.500. The molecule has 1 aromatic carbocycles. The Kier molecular flexibility index (Phi) is 4.71. The van der Waals surface area contributed by atoms with Crippen LogP contribution in [0.3, 0.4) is 0 Å². The molecule has 3 nitrogen and oxygen atoms in total. The Bertz CT molecular complexity index is 339. The van der Waals surface area contributed by atoms with E-state index >= 15 is 0 Å². The lowest BCUT2D eigenvalue weighted by Gasteiger charge is -2.15. The number of methoxy groups -OCH3 is 1. The zero-order valence-corrected chi connectivity index (χ0v) is 9.74. The molecule has 0 heterocycles. The van der Waals surface area contributed by atoms with Gasteiger partial charge in [-0.25, -0.2) is 4.39 Å². The standard InChI is InChI=1S/C12H17FO3/c1-8(7-15-3)16-12-5-4-10(9(2)14)6-11(12)13/h4-6,8-9,14H,7H2,1-3H3/t8?,9-/m0/s1. The van der Waals surface area contributed by atoms with Crippen LogP contribution >= 0.6 is 0 Å². The predicted molar refractivity (Wildman–Crippen MR) is 59.0 cm³/mol. The molecule has 90 valence electrons. The third kappa shape index (κ3) is 3.47. The van der Waals surface area contributed by atoms with Crippen LogP contribution in [-0.4, -0.2) is 24.9 Å². The second kappa shape index (κ2) is 5.82. The quantitative estimate of drug-likeness (QED) is 0.840. The highest BCUT2D eigenvalue weighted by Crippen LogP contribution is 2.22. The lowest BCUT2D eigenvalue weighted by Crippen LogP contribution is -2.18. The number of aliphatic hydroxyl groups is 1. The Labute approximate surface area is 94.8 Å². The van der Waals surface area contributed by atoms with Crippen LogP contribution in [0.1, 0.15) is 25.5 Å². The monoisotopic (exact) mass is 228 g/mol. The summed E-state index contributed by atoms with van der Waals surface area (Å²) in [6.45, 7) is 3.78. The SMILES string of the molecule is COCC(C)Oc1ccc([C@H](C)O)cc1F. The topological polar surface area (TPSA) is 38.7 Å². The second-order valence-electron chi connectivity index (χ2n) is 3.75. The zero-order chi connectivity index (χ0) is 12.1. The van der Waals surface area contributed by atoms with Crippen LogP contribution in [0.2, 0.25) is 0 Å². The van der Waals surface area contributed by atoms with Gasteiger partial charge in [-0.1, -0.05) is 6.07 Å². The first kappa shape index (κ1) is 12.9. The Morgan fingerprint density at radius 1 is 1.38 bits per heavy atom. The van der Waals surface area contributed by atoms with E-state index in [1.54, 1.807) is 27.0 Å². The molecule has 0 radical (unpaired) electrons. The van der Waals surface area contributed by atoms with Gasteiger partial charge < -0.3 is 14.6 Å². The van der Waals surface area contributed by atoms with Gasteiger partial charge >= 0.3 is 0 Å². The van der Waals surface area contributed by atoms with Crippen molar-refractivity contribution < 1.29 is 19.0 Å². The third-order valence-electron chi connectivity index (χ3n) is 2.17. The number of hydrogen-bond acceptors (Lipinski definition) is 3. The molecule has 1 rings (SSSR count). The van der Waals surface area contributed by atoms with Crippen LogP contribution in [0.15, 0.2) is 18.2 Å². The summed E-state index contributed by atoms with van der Waals surface area (Å²) in [7, 11) is 1.56. The molecule has 1 unspecified atom stereocenters. The number of hydrogen-bond donors (Lipinski definition) is 1. The van der Waals surface area contributed by atoms with Gasteiger partial charge in [0.05, 0.1) is 12.7 Å². The molecule has 0 aliphatic carbocycles. The van der Waals surface area contributed by atoms with Gasteiger partial charge in [-0.2, -0.15) is 0 Å². The number of rotatable bonds is 5. The van der Waals surface area contributed by atoms with Crippen LogP contribution in [-0.2, 0) is 4.74 Å². The Morgan fingerprint density at radius 3 is 2.56 bits per heavy atom. The molecule has 0 amide bonds. The van der Waals surface area contributed by atoms with Crippen molar-refractivity contribution in [2.45, 2.75) is 26.1 Å². The maximum absolute atomic E-state index is 13.5. The number of halogens is 1. The fourth-order valence-corrected chi connectivity index (χ4v) is 1.36. The van der Waals surface area contributed by atoms with Crippen LogP contribution in [0.5, 0.6) is 5.75 Å². The molecule has 0 saturated heterocycles. The molecule has 0 aromatic heterocycles. The predicted octanol–water partition coefficient (Wildman–Crippen LogP) is 2.29. The van der Waals surface area contributed by atoms with Gasteiger partial charge in [-0.15, -0.1) is 0 Å². The fourth-order valence-electron chi connectivity index (χ4n) is 1.36. The second-order valence-corrected chi connectivity index (χ2v) is 3.75. The summed E-state index contributed by atoms with van der Waals surface area (Å²) in [5, 5.41) is 9.28. The van der Waals surface area contributed by atoms with Crippen molar-refractivity contribution in [2.24, 2.45) is 0 Å². The van der Waals surface area contributed by atoms with Gasteiger partial charge in [0.1, 0.15) is 6.10 Å². The minimum Gasteiger partial charge on any atom is -0.485 e. The molecule has 1 N–H and O–H groups in total. The van der Waals surface area contributed by atoms with Crippen molar-refractivity contribution >= 4 is 0 Å². The summed E-state index contributed by atoms with van der Waals surface area (Å²) >= 11 is 0. The largest absolute Gasteiger partial charge is 0.485 e. The van der Waals surface area contributed by atoms with E-state index in [0.717, 1.165) is 0 Å². The van der Waals surface area contributed by atoms with E-state index in [1.165, 1.54) is 12.1 Å². The van der Waals surface area contributed by atoms with Crippen molar-refractivity contribution in [3.63, 3.8) is 0 Å². The minimum absolute atomic E-state index is 0.175. The molecule has 0 spiro atoms. The van der Waals surface area contributed by atoms with Gasteiger partial charge in [-0.05, 0) is 31.5 Å². The average molecular weight is 228 g/mol. The molecule has 0 saturated carbocycles. The molecule has 16 heavy (non-hydrogen) atoms. The van der Waals surface area contributed by atoms with Crippen molar-refractivity contribution in [3.8, 4) is 5.75 Å². The van der Waals surface area contributed by atoms with E-state index < -0.39 is 11.9 Å². The average Bonchev–Trinajstić information content (AvgIpc) is 2.21. The molecule has 0 aliphatic heterocycles. The normalized spacial score (nSPS) is 14.6. The number of aliphatic hydroxyl groups excluding tert-OH is 1. The maximum atomic E-state index is 13.5. The van der Waals surface area contributed by atoms with Crippen LogP contribution in [0.4, 0.5) is 4.39 Å². The maximum Gasteiger partial charge on any atom is 0.165 e. The minimum atomic E-state index is -0.681. The first-order valence-corrected chi connectivity index (χ1v) is 5.17. The van der Waals surface area contributed by atoms with E-state index in [2.05, 4.69) is 0 Å². The molecule has 1 aromatic rings. The van der Waals surface area contributed by atoms with Gasteiger partial charge in [0.15, 0.2) is 11.6 Å². The van der Waals surface area contributed by atoms with E-state index in [-0.39, 0.29) is 11.9 Å². The zero-order valence-electron chi connectivity index (χ0n) is 9.74. The van der Waals surface area contributed by atoms with Crippen molar-refractivity contribution in [3.05, 3.63) is 29.6 Å². The first-order valence-electron chi connectivity index (χ1n) is 5.17. The summed E-state index contributed by atoms with van der Waals surface area (Å²) in [5.41, 5.74) is 0.532. The lowest BCUT2D eigenvalue weighted by atomic mass is 10.1. The highest BCUT2D eigenvalue weighted by molar-refractivity contribution is 5.30. The summed E-state index contributed by atoms with van der Waals surface area (Å²) in [4.78, 5) is 0. The van der Waals surface area contributed by atoms with Crippen molar-refractivity contribution in [1.82, 2.24) is 0 Å². The van der Waals surface area contributed by atoms with Crippen LogP contribution in [0, 0.1) is 5.82 Å². The van der Waals surface area contributed by atoms with E-state index in [1.807, 2.05) is 0 Å². The van der Waals surface area contributed by atoms with E-state index in [4.69, 9.17) is 9.47 Å². The van der Waals surface area contributed by atoms with Crippen LogP contribution < -0.4 is 4.74 Å². The Balaban J connectivity index is 2.75. The summed E-state index contributed by atoms with van der Waals surface area (Å²) in [6, 6.07) is 4.44. The number of benzene rings is 1. The van der Waals surface area contributed by atoms with Gasteiger partial charge in [-0.3, -0.25) is 0 Å². The third-order valence-corrected chi connectivity index (χ3v) is 2.17. The molecule has 2 atom stereocenters. The Morgan fingerprint density at radius 2 is 2.06 bits per heavy atom. The lowest BCUT2D eigenvalue weighted by molar-refractivity contribution is 0.0892. The highest BCUT2D eigenvalue weighted by atomic mass is 19.1. The van der Waals surface area contributed by atoms with Gasteiger partial charge in [0, 0.05) is 7.11 Å². The summed E-state index contributed by atoms with van der Waals surface area (Å²) < 4.78 is 23.8. The molecule has 0 bridgehead atoms.